The summed E-state index contributed by atoms with van der Waals surface area (Å²) in [5.41, 5.74) is 2.85. The van der Waals surface area contributed by atoms with Crippen LogP contribution in [0.1, 0.15) is 38.0 Å². The minimum atomic E-state index is -0.141. The molecule has 1 unspecified atom stereocenters. The summed E-state index contributed by atoms with van der Waals surface area (Å²) in [6.07, 6.45) is 3.86. The fraction of sp³-hybridized carbons (Fsp3) is 0.286. The Balaban J connectivity index is 2.92. The third-order valence-electron chi connectivity index (χ3n) is 2.18. The molecular formula is C14H17NO2. The van der Waals surface area contributed by atoms with E-state index in [4.69, 9.17) is 4.84 Å². The Morgan fingerprint density at radius 3 is 2.71 bits per heavy atom. The Kier molecular flexibility index (Phi) is 5.14. The highest BCUT2D eigenvalue weighted by atomic mass is 16.6. The zero-order valence-electron chi connectivity index (χ0n) is 10.4. The predicted molar refractivity (Wildman–Crippen MR) is 69.8 cm³/mol. The Bertz CT molecular complexity index is 432. The smallest absolute Gasteiger partial charge is 0.150 e. The summed E-state index contributed by atoms with van der Waals surface area (Å²) in [7, 11) is 0. The van der Waals surface area contributed by atoms with E-state index in [9.17, 15) is 4.79 Å². The van der Waals surface area contributed by atoms with Gasteiger partial charge in [0.15, 0.2) is 0 Å². The number of carbonyl (C=O) groups excluding carboxylic acids is 1. The Morgan fingerprint density at radius 1 is 1.35 bits per heavy atom. The highest BCUT2D eigenvalue weighted by molar-refractivity contribution is 5.78. The van der Waals surface area contributed by atoms with Gasteiger partial charge in [0.1, 0.15) is 12.4 Å². The first kappa shape index (κ1) is 13.2. The van der Waals surface area contributed by atoms with Crippen molar-refractivity contribution in [2.45, 2.75) is 26.9 Å². The van der Waals surface area contributed by atoms with Gasteiger partial charge in [-0.1, -0.05) is 35.5 Å². The number of rotatable bonds is 5. The number of benzene rings is 1. The summed E-state index contributed by atoms with van der Waals surface area (Å²) < 4.78 is 0. The molecule has 0 saturated heterocycles. The molecule has 17 heavy (non-hydrogen) atoms. The summed E-state index contributed by atoms with van der Waals surface area (Å²) in [6.45, 7) is 5.69. The van der Waals surface area contributed by atoms with Crippen LogP contribution in [0.5, 0.6) is 0 Å². The van der Waals surface area contributed by atoms with Crippen molar-refractivity contribution in [2.75, 3.05) is 0 Å². The first-order valence-corrected chi connectivity index (χ1v) is 5.53. The lowest BCUT2D eigenvalue weighted by Gasteiger charge is -2.13. The summed E-state index contributed by atoms with van der Waals surface area (Å²) in [6, 6.07) is 7.78. The number of oxime groups is 1. The zero-order valence-corrected chi connectivity index (χ0v) is 10.4. The van der Waals surface area contributed by atoms with Crippen molar-refractivity contribution < 1.29 is 9.63 Å². The Morgan fingerprint density at radius 2 is 2.06 bits per heavy atom. The molecule has 0 fully saturated rings. The van der Waals surface area contributed by atoms with Crippen LogP contribution in [-0.4, -0.2) is 12.0 Å². The summed E-state index contributed by atoms with van der Waals surface area (Å²) >= 11 is 0. The van der Waals surface area contributed by atoms with Crippen LogP contribution in [0.25, 0.3) is 6.08 Å². The quantitative estimate of drug-likeness (QED) is 0.337. The van der Waals surface area contributed by atoms with Gasteiger partial charge in [-0.2, -0.15) is 0 Å². The molecule has 1 aromatic rings. The van der Waals surface area contributed by atoms with E-state index in [1.807, 2.05) is 45.0 Å². The second-order valence-electron chi connectivity index (χ2n) is 3.91. The van der Waals surface area contributed by atoms with Gasteiger partial charge in [-0.15, -0.1) is 0 Å². The number of aldehydes is 1. The van der Waals surface area contributed by atoms with Crippen LogP contribution in [0, 0.1) is 0 Å². The lowest BCUT2D eigenvalue weighted by atomic mass is 10.0. The summed E-state index contributed by atoms with van der Waals surface area (Å²) in [4.78, 5) is 15.7. The number of allylic oxidation sites excluding steroid dienone is 1. The number of nitrogens with zero attached hydrogens (tertiary/aromatic N) is 1. The molecule has 0 radical (unpaired) electrons. The molecular weight excluding hydrogens is 214 g/mol. The van der Waals surface area contributed by atoms with E-state index < -0.39 is 0 Å². The van der Waals surface area contributed by atoms with Crippen LogP contribution in [0.3, 0.4) is 0 Å². The van der Waals surface area contributed by atoms with Crippen molar-refractivity contribution in [3.63, 3.8) is 0 Å². The molecule has 0 bridgehead atoms. The van der Waals surface area contributed by atoms with Crippen molar-refractivity contribution in [3.05, 3.63) is 41.5 Å². The fourth-order valence-electron chi connectivity index (χ4n) is 1.42. The van der Waals surface area contributed by atoms with Crippen LogP contribution in [0.15, 0.2) is 35.5 Å². The van der Waals surface area contributed by atoms with Gasteiger partial charge >= 0.3 is 0 Å². The van der Waals surface area contributed by atoms with Gasteiger partial charge < -0.3 is 4.84 Å². The van der Waals surface area contributed by atoms with E-state index in [2.05, 4.69) is 5.16 Å². The molecule has 90 valence electrons. The van der Waals surface area contributed by atoms with Crippen LogP contribution in [0.2, 0.25) is 0 Å². The van der Waals surface area contributed by atoms with E-state index in [0.29, 0.717) is 0 Å². The number of hydrogen-bond acceptors (Lipinski definition) is 3. The van der Waals surface area contributed by atoms with Crippen LogP contribution in [0.4, 0.5) is 0 Å². The van der Waals surface area contributed by atoms with Crippen LogP contribution in [-0.2, 0) is 9.63 Å². The molecule has 3 heteroatoms. The fourth-order valence-corrected chi connectivity index (χ4v) is 1.42. The van der Waals surface area contributed by atoms with Crippen molar-refractivity contribution in [1.82, 2.24) is 0 Å². The van der Waals surface area contributed by atoms with Gasteiger partial charge in [0.2, 0.25) is 0 Å². The molecule has 1 atom stereocenters. The third-order valence-corrected chi connectivity index (χ3v) is 2.18. The molecule has 0 aliphatic rings. The van der Waals surface area contributed by atoms with Gasteiger partial charge in [-0.05, 0) is 32.4 Å². The van der Waals surface area contributed by atoms with E-state index in [-0.39, 0.29) is 6.10 Å². The lowest BCUT2D eigenvalue weighted by molar-refractivity contribution is -0.104. The second kappa shape index (κ2) is 6.63. The minimum absolute atomic E-state index is 0.141. The predicted octanol–water partition coefficient (Wildman–Crippen LogP) is 3.37. The van der Waals surface area contributed by atoms with E-state index in [1.165, 1.54) is 6.08 Å². The van der Waals surface area contributed by atoms with E-state index in [1.54, 1.807) is 6.08 Å². The SMILES string of the molecule is CC(C)=NOC(C)c1ccccc1/C=C/C=O. The Labute approximate surface area is 102 Å². The molecule has 0 aliphatic heterocycles. The Hall–Kier alpha value is -1.90. The maximum Gasteiger partial charge on any atom is 0.150 e. The van der Waals surface area contributed by atoms with Gasteiger partial charge in [0.25, 0.3) is 0 Å². The first-order chi connectivity index (χ1) is 8.15. The summed E-state index contributed by atoms with van der Waals surface area (Å²) in [5, 5.41) is 3.95. The molecule has 0 aliphatic carbocycles. The van der Waals surface area contributed by atoms with Crippen LogP contribution >= 0.6 is 0 Å². The maximum atomic E-state index is 10.3. The molecule has 0 N–H and O–H groups in total. The minimum Gasteiger partial charge on any atom is -0.388 e. The highest BCUT2D eigenvalue weighted by Gasteiger charge is 2.09. The third kappa shape index (κ3) is 4.23. The van der Waals surface area contributed by atoms with Crippen molar-refractivity contribution in [2.24, 2.45) is 5.16 Å². The van der Waals surface area contributed by atoms with Crippen molar-refractivity contribution in [3.8, 4) is 0 Å². The monoisotopic (exact) mass is 231 g/mol. The van der Waals surface area contributed by atoms with E-state index in [0.717, 1.165) is 23.1 Å². The zero-order chi connectivity index (χ0) is 12.7. The molecule has 3 nitrogen and oxygen atoms in total. The van der Waals surface area contributed by atoms with Crippen LogP contribution < -0.4 is 0 Å². The molecule has 0 aromatic heterocycles. The normalized spacial score (nSPS) is 12.2. The topological polar surface area (TPSA) is 38.7 Å². The molecule has 1 rings (SSSR count). The first-order valence-electron chi connectivity index (χ1n) is 5.53. The van der Waals surface area contributed by atoms with Crippen molar-refractivity contribution in [1.29, 1.82) is 0 Å². The van der Waals surface area contributed by atoms with Gasteiger partial charge in [-0.25, -0.2) is 0 Å². The molecule has 0 heterocycles. The van der Waals surface area contributed by atoms with Crippen molar-refractivity contribution >= 4 is 18.1 Å². The summed E-state index contributed by atoms with van der Waals surface area (Å²) in [5.74, 6) is 0. The maximum absolute atomic E-state index is 10.3. The van der Waals surface area contributed by atoms with E-state index >= 15 is 0 Å². The average Bonchev–Trinajstić information content (AvgIpc) is 2.33. The number of carbonyl (C=O) groups is 1. The highest BCUT2D eigenvalue weighted by Crippen LogP contribution is 2.22. The molecule has 1 aromatic carbocycles. The molecule has 0 saturated carbocycles. The standard InChI is InChI=1S/C14H17NO2/c1-11(2)15-17-12(3)14-9-5-4-7-13(14)8-6-10-16/h4-10,12H,1-3H3/b8-6+. The second-order valence-corrected chi connectivity index (χ2v) is 3.91. The molecule has 0 amide bonds. The van der Waals surface area contributed by atoms with Gasteiger partial charge in [0.05, 0.1) is 5.71 Å². The van der Waals surface area contributed by atoms with Gasteiger partial charge in [0, 0.05) is 5.56 Å². The largest absolute Gasteiger partial charge is 0.388 e. The lowest BCUT2D eigenvalue weighted by Crippen LogP contribution is -1.99. The average molecular weight is 231 g/mol. The molecule has 0 spiro atoms. The number of hydrogen-bond donors (Lipinski definition) is 0. The van der Waals surface area contributed by atoms with Gasteiger partial charge in [-0.3, -0.25) is 4.79 Å².